The molecule has 4 aliphatic rings. The summed E-state index contributed by atoms with van der Waals surface area (Å²) < 4.78 is 33.8. The molecule has 0 aromatic carbocycles. The van der Waals surface area contributed by atoms with Gasteiger partial charge in [-0.05, 0) is 66.7 Å². The van der Waals surface area contributed by atoms with Gasteiger partial charge in [0.05, 0.1) is 12.7 Å². The maximum atomic E-state index is 14.2. The van der Waals surface area contributed by atoms with Crippen molar-refractivity contribution in [3.63, 3.8) is 0 Å². The summed E-state index contributed by atoms with van der Waals surface area (Å²) in [5.74, 6) is -0.500. The van der Waals surface area contributed by atoms with Crippen molar-refractivity contribution >= 4 is 11.8 Å². The summed E-state index contributed by atoms with van der Waals surface area (Å²) in [6.45, 7) is 5.57. The number of esters is 1. The van der Waals surface area contributed by atoms with Gasteiger partial charge >= 0.3 is 5.97 Å². The van der Waals surface area contributed by atoms with Gasteiger partial charge < -0.3 is 4.74 Å². The molecule has 0 aromatic rings. The Balaban J connectivity index is 1.82. The third kappa shape index (κ3) is 2.51. The molecule has 3 saturated carbocycles. The van der Waals surface area contributed by atoms with Gasteiger partial charge in [-0.3, -0.25) is 9.59 Å². The first-order valence-corrected chi connectivity index (χ1v) is 10.00. The van der Waals surface area contributed by atoms with Crippen molar-refractivity contribution in [3.8, 4) is 0 Å². The minimum absolute atomic E-state index is 0.0722. The van der Waals surface area contributed by atoms with E-state index in [-0.39, 0.29) is 46.6 Å². The highest BCUT2D eigenvalue weighted by molar-refractivity contribution is 6.02. The fourth-order valence-corrected chi connectivity index (χ4v) is 6.56. The summed E-state index contributed by atoms with van der Waals surface area (Å²) in [5, 5.41) is 0. The summed E-state index contributed by atoms with van der Waals surface area (Å²) in [6, 6.07) is 0. The van der Waals surface area contributed by atoms with E-state index in [4.69, 9.17) is 4.74 Å². The van der Waals surface area contributed by atoms with E-state index in [1.807, 2.05) is 13.0 Å². The van der Waals surface area contributed by atoms with Crippen molar-refractivity contribution in [2.45, 2.75) is 52.6 Å². The third-order valence-corrected chi connectivity index (χ3v) is 7.91. The number of hydrogen-bond donors (Lipinski definition) is 0. The molecule has 0 unspecified atom stereocenters. The molecule has 4 aliphatic carbocycles. The van der Waals surface area contributed by atoms with Crippen LogP contribution in [0.15, 0.2) is 47.6 Å². The molecule has 0 heterocycles. The Kier molecular flexibility index (Phi) is 4.48. The number of carbonyl (C=O) groups excluding carboxylic acids is 2. The fourth-order valence-electron chi connectivity index (χ4n) is 6.56. The van der Waals surface area contributed by atoms with E-state index in [2.05, 4.69) is 6.92 Å². The summed E-state index contributed by atoms with van der Waals surface area (Å²) in [6.07, 6.45) is 8.87. The molecule has 0 aliphatic heterocycles. The van der Waals surface area contributed by atoms with E-state index >= 15 is 0 Å². The highest BCUT2D eigenvalue weighted by Crippen LogP contribution is 2.67. The Morgan fingerprint density at radius 3 is 2.57 bits per heavy atom. The van der Waals surface area contributed by atoms with E-state index in [9.17, 15) is 18.4 Å². The SMILES string of the molecule is CC(=O)O[C@H]1CC[C@H]2[C@@H]3C(=C\F)/C(=C\F)C4=CC(=O)C=C[C@]4(C)[C@H]3CC[C@]12C. The number of ether oxygens (including phenoxy) is 1. The van der Waals surface area contributed by atoms with Crippen molar-refractivity contribution in [2.75, 3.05) is 0 Å². The van der Waals surface area contributed by atoms with Crippen molar-refractivity contribution < 1.29 is 23.1 Å². The van der Waals surface area contributed by atoms with Crippen LogP contribution in [0, 0.1) is 28.6 Å². The number of rotatable bonds is 1. The summed E-state index contributed by atoms with van der Waals surface area (Å²) in [5.41, 5.74) is 0.353. The molecule has 0 radical (unpaired) electrons. The largest absolute Gasteiger partial charge is 0.462 e. The standard InChI is InChI=1S/C23H26F2O3/c1-13(26)28-20-5-4-17-21-16(12-25)15(11-24)19-10-14(27)6-8-22(19,2)18(21)7-9-23(17,20)3/h6,8,10-12,17-18,20-21H,4-5,7,9H2,1-3H3/b15-11+,16-12-/t17-,18-,20-,21-,22+,23-/m0/s1. The maximum absolute atomic E-state index is 14.2. The van der Waals surface area contributed by atoms with Crippen LogP contribution in [0.1, 0.15) is 46.5 Å². The lowest BCUT2D eigenvalue weighted by molar-refractivity contribution is -0.155. The highest BCUT2D eigenvalue weighted by atomic mass is 19.1. The zero-order valence-corrected chi connectivity index (χ0v) is 16.5. The van der Waals surface area contributed by atoms with Crippen LogP contribution < -0.4 is 0 Å². The Morgan fingerprint density at radius 2 is 1.93 bits per heavy atom. The second-order valence-electron chi connectivity index (χ2n) is 9.12. The number of carbonyl (C=O) groups is 2. The molecule has 5 heteroatoms. The summed E-state index contributed by atoms with van der Waals surface area (Å²) in [4.78, 5) is 23.6. The Hall–Kier alpha value is -2.04. The van der Waals surface area contributed by atoms with Crippen molar-refractivity contribution in [3.05, 3.63) is 47.6 Å². The number of allylic oxidation sites excluding steroid dienone is 6. The molecule has 28 heavy (non-hydrogen) atoms. The Labute approximate surface area is 164 Å². The van der Waals surface area contributed by atoms with Gasteiger partial charge in [0.15, 0.2) is 5.78 Å². The van der Waals surface area contributed by atoms with Gasteiger partial charge in [-0.25, -0.2) is 8.78 Å². The molecule has 0 saturated heterocycles. The Bertz CT molecular complexity index is 852. The number of ketones is 1. The lowest BCUT2D eigenvalue weighted by Gasteiger charge is -2.57. The first kappa shape index (κ1) is 19.3. The molecule has 3 nitrogen and oxygen atoms in total. The van der Waals surface area contributed by atoms with Gasteiger partial charge in [0, 0.05) is 23.3 Å². The van der Waals surface area contributed by atoms with Crippen LogP contribution in [0.5, 0.6) is 0 Å². The first-order chi connectivity index (χ1) is 13.3. The third-order valence-electron chi connectivity index (χ3n) is 7.91. The zero-order chi connectivity index (χ0) is 20.3. The molecule has 4 rings (SSSR count). The molecule has 0 amide bonds. The molecular formula is C23H26F2O3. The fraction of sp³-hybridized carbons (Fsp3) is 0.565. The predicted molar refractivity (Wildman–Crippen MR) is 101 cm³/mol. The smallest absolute Gasteiger partial charge is 0.302 e. The lowest BCUT2D eigenvalue weighted by Crippen LogP contribution is -2.52. The van der Waals surface area contributed by atoms with Crippen LogP contribution in [-0.4, -0.2) is 17.9 Å². The van der Waals surface area contributed by atoms with Crippen molar-refractivity contribution in [2.24, 2.45) is 28.6 Å². The van der Waals surface area contributed by atoms with Gasteiger partial charge in [-0.1, -0.05) is 19.9 Å². The van der Waals surface area contributed by atoms with Gasteiger partial charge in [0.2, 0.25) is 0 Å². The van der Waals surface area contributed by atoms with E-state index in [0.29, 0.717) is 23.8 Å². The van der Waals surface area contributed by atoms with E-state index in [1.165, 1.54) is 13.0 Å². The van der Waals surface area contributed by atoms with Crippen LogP contribution >= 0.6 is 0 Å². The summed E-state index contributed by atoms with van der Waals surface area (Å²) >= 11 is 0. The average Bonchev–Trinajstić information content (AvgIpc) is 2.97. The molecule has 3 fully saturated rings. The van der Waals surface area contributed by atoms with Crippen LogP contribution in [-0.2, 0) is 14.3 Å². The zero-order valence-electron chi connectivity index (χ0n) is 16.5. The van der Waals surface area contributed by atoms with E-state index in [1.54, 1.807) is 6.08 Å². The summed E-state index contributed by atoms with van der Waals surface area (Å²) in [7, 11) is 0. The molecule has 6 atom stereocenters. The van der Waals surface area contributed by atoms with Crippen LogP contribution in [0.2, 0.25) is 0 Å². The van der Waals surface area contributed by atoms with Gasteiger partial charge in [-0.2, -0.15) is 0 Å². The second kappa shape index (κ2) is 6.50. The molecule has 0 spiro atoms. The topological polar surface area (TPSA) is 43.4 Å². The molecule has 0 bridgehead atoms. The average molecular weight is 388 g/mol. The molecule has 0 aromatic heterocycles. The maximum Gasteiger partial charge on any atom is 0.302 e. The van der Waals surface area contributed by atoms with Gasteiger partial charge in [-0.15, -0.1) is 0 Å². The van der Waals surface area contributed by atoms with Gasteiger partial charge in [0.1, 0.15) is 6.10 Å². The van der Waals surface area contributed by atoms with E-state index < -0.39 is 5.41 Å². The van der Waals surface area contributed by atoms with Crippen molar-refractivity contribution in [1.82, 2.24) is 0 Å². The Morgan fingerprint density at radius 1 is 1.18 bits per heavy atom. The number of fused-ring (bicyclic) bond motifs is 5. The van der Waals surface area contributed by atoms with E-state index in [0.717, 1.165) is 25.7 Å². The number of halogens is 2. The second-order valence-corrected chi connectivity index (χ2v) is 9.12. The molecule has 150 valence electrons. The quantitative estimate of drug-likeness (QED) is 0.583. The lowest BCUT2D eigenvalue weighted by atomic mass is 9.46. The number of hydrogen-bond acceptors (Lipinski definition) is 3. The minimum Gasteiger partial charge on any atom is -0.462 e. The molecular weight excluding hydrogens is 362 g/mol. The van der Waals surface area contributed by atoms with Crippen LogP contribution in [0.4, 0.5) is 8.78 Å². The van der Waals surface area contributed by atoms with Crippen LogP contribution in [0.25, 0.3) is 0 Å². The normalized spacial score (nSPS) is 44.8. The monoisotopic (exact) mass is 388 g/mol. The highest BCUT2D eigenvalue weighted by Gasteiger charge is 2.61. The van der Waals surface area contributed by atoms with Crippen LogP contribution in [0.3, 0.4) is 0 Å². The first-order valence-electron chi connectivity index (χ1n) is 10.00. The van der Waals surface area contributed by atoms with Gasteiger partial charge in [0.25, 0.3) is 0 Å². The predicted octanol–water partition coefficient (Wildman–Crippen LogP) is 5.15. The van der Waals surface area contributed by atoms with Crippen molar-refractivity contribution in [1.29, 1.82) is 0 Å². The molecule has 0 N–H and O–H groups in total. The minimum atomic E-state index is -0.510.